The lowest BCUT2D eigenvalue weighted by Gasteiger charge is -2.54. The van der Waals surface area contributed by atoms with E-state index >= 15 is 0 Å². The van der Waals surface area contributed by atoms with Crippen LogP contribution in [0.4, 0.5) is 5.69 Å². The van der Waals surface area contributed by atoms with Gasteiger partial charge in [0, 0.05) is 36.6 Å². The summed E-state index contributed by atoms with van der Waals surface area (Å²) >= 11 is 10.6. The standard InChI is InChI=1S/C18H15N3O7S3/c1-9(22)28-7-11-8-31-16-18(17(29)30,15(25)20(16)13(11)14(23)24)19-6-10-2-4-12(5-3-10)21(26)27/h2-6,16H,7-8H2,1H3,(H,23,24)(H,29,30)/t16-,18?/m1/s1. The molecule has 0 radical (unpaired) electrons. The number of thiol groups is 1. The van der Waals surface area contributed by atoms with Crippen molar-refractivity contribution in [2.24, 2.45) is 4.99 Å². The minimum Gasteiger partial charge on any atom is -0.477 e. The highest BCUT2D eigenvalue weighted by molar-refractivity contribution is 8.11. The normalized spacial score (nSPS) is 22.7. The number of aliphatic imine (C=N–C) groups is 1. The number of carboxylic acids is 1. The first-order valence-electron chi connectivity index (χ1n) is 8.66. The Kier molecular flexibility index (Phi) is 6.48. The maximum atomic E-state index is 13.1. The van der Waals surface area contributed by atoms with E-state index < -0.39 is 33.7 Å². The van der Waals surface area contributed by atoms with Crippen LogP contribution in [0.3, 0.4) is 0 Å². The molecule has 0 spiro atoms. The first-order valence-corrected chi connectivity index (χ1v) is 10.6. The van der Waals surface area contributed by atoms with Crippen LogP contribution in [0, 0.1) is 10.1 Å². The molecular formula is C18H15N3O7S3. The number of carbonyl (C=O) groups is 3. The number of thioether (sulfide) groups is 1. The van der Waals surface area contributed by atoms with Gasteiger partial charge in [-0.1, -0.05) is 12.2 Å². The quantitative estimate of drug-likeness (QED) is 0.114. The number of fused-ring (bicyclic) bond motifs is 1. The molecule has 1 fully saturated rings. The van der Waals surface area contributed by atoms with Crippen molar-refractivity contribution in [1.82, 2.24) is 4.90 Å². The maximum absolute atomic E-state index is 13.1. The van der Waals surface area contributed by atoms with E-state index in [9.17, 15) is 29.6 Å². The number of ether oxygens (including phenoxy) is 1. The van der Waals surface area contributed by atoms with Crippen LogP contribution in [-0.2, 0) is 19.1 Å². The van der Waals surface area contributed by atoms with Crippen LogP contribution in [0.1, 0.15) is 12.5 Å². The van der Waals surface area contributed by atoms with E-state index in [1.54, 1.807) is 0 Å². The number of nitro groups is 1. The minimum absolute atomic E-state index is 0.0300. The van der Waals surface area contributed by atoms with E-state index in [1.165, 1.54) is 49.2 Å². The molecule has 1 N–H and O–H groups in total. The van der Waals surface area contributed by atoms with Crippen molar-refractivity contribution in [3.05, 3.63) is 51.2 Å². The predicted molar refractivity (Wildman–Crippen MR) is 119 cm³/mol. The van der Waals surface area contributed by atoms with E-state index in [-0.39, 0.29) is 33.5 Å². The second-order valence-electron chi connectivity index (χ2n) is 6.55. The van der Waals surface area contributed by atoms with Gasteiger partial charge in [-0.05, 0) is 17.7 Å². The number of amides is 1. The molecule has 1 aromatic rings. The lowest BCUT2D eigenvalue weighted by atomic mass is 9.88. The lowest BCUT2D eigenvalue weighted by molar-refractivity contribution is -0.384. The van der Waals surface area contributed by atoms with Crippen molar-refractivity contribution >= 4 is 70.6 Å². The Morgan fingerprint density at radius 2 is 2.13 bits per heavy atom. The van der Waals surface area contributed by atoms with Crippen LogP contribution in [0.25, 0.3) is 0 Å². The molecule has 1 aromatic carbocycles. The molecule has 2 atom stereocenters. The largest absolute Gasteiger partial charge is 0.477 e. The number of nitro benzene ring substituents is 1. The van der Waals surface area contributed by atoms with Gasteiger partial charge < -0.3 is 9.84 Å². The van der Waals surface area contributed by atoms with Gasteiger partial charge in [-0.25, -0.2) is 4.79 Å². The Hall–Kier alpha value is -2.77. The van der Waals surface area contributed by atoms with Gasteiger partial charge >= 0.3 is 11.9 Å². The summed E-state index contributed by atoms with van der Waals surface area (Å²) in [4.78, 5) is 51.7. The van der Waals surface area contributed by atoms with Gasteiger partial charge in [0.25, 0.3) is 11.6 Å². The smallest absolute Gasteiger partial charge is 0.352 e. The first-order chi connectivity index (χ1) is 14.6. The van der Waals surface area contributed by atoms with Crippen LogP contribution in [0.15, 0.2) is 40.5 Å². The summed E-state index contributed by atoms with van der Waals surface area (Å²) in [6.07, 6.45) is 1.35. The van der Waals surface area contributed by atoms with E-state index in [0.29, 0.717) is 5.56 Å². The van der Waals surface area contributed by atoms with Crippen molar-refractivity contribution in [3.63, 3.8) is 0 Å². The molecule has 0 aromatic heterocycles. The van der Waals surface area contributed by atoms with Crippen LogP contribution in [0.2, 0.25) is 0 Å². The van der Waals surface area contributed by atoms with Crippen LogP contribution in [0.5, 0.6) is 0 Å². The van der Waals surface area contributed by atoms with Gasteiger partial charge in [-0.15, -0.1) is 24.4 Å². The maximum Gasteiger partial charge on any atom is 0.352 e. The third-order valence-corrected chi connectivity index (χ3v) is 6.66. The average Bonchev–Trinajstić information content (AvgIpc) is 2.71. The van der Waals surface area contributed by atoms with Gasteiger partial charge in [-0.2, -0.15) is 0 Å². The van der Waals surface area contributed by atoms with Gasteiger partial charge in [0.15, 0.2) is 0 Å². The van der Waals surface area contributed by atoms with Crippen molar-refractivity contribution in [3.8, 4) is 0 Å². The zero-order valence-electron chi connectivity index (χ0n) is 15.9. The molecule has 0 aliphatic carbocycles. The molecule has 13 heteroatoms. The summed E-state index contributed by atoms with van der Waals surface area (Å²) in [6, 6.07) is 5.52. The molecular weight excluding hydrogens is 466 g/mol. The fourth-order valence-corrected chi connectivity index (χ4v) is 5.27. The van der Waals surface area contributed by atoms with Crippen molar-refractivity contribution in [2.75, 3.05) is 12.4 Å². The summed E-state index contributed by atoms with van der Waals surface area (Å²) in [7, 11) is 0. The Labute approximate surface area is 190 Å². The van der Waals surface area contributed by atoms with Gasteiger partial charge in [0.2, 0.25) is 5.54 Å². The highest BCUT2D eigenvalue weighted by Crippen LogP contribution is 2.49. The van der Waals surface area contributed by atoms with Gasteiger partial charge in [-0.3, -0.25) is 29.6 Å². The third kappa shape index (κ3) is 4.07. The molecule has 2 aliphatic rings. The SMILES string of the molecule is CC(=O)OCC1=C(C(=O)O)N2C(=O)C(N=Cc3ccc([N+](=O)[O-])cc3)(C(=S)S)[C@H]2SC1. The number of nitrogens with zero attached hydrogens (tertiary/aromatic N) is 3. The number of carboxylic acid groups (broad SMARTS) is 1. The zero-order valence-corrected chi connectivity index (χ0v) is 18.4. The number of hydrogen-bond donors (Lipinski definition) is 2. The first kappa shape index (κ1) is 22.9. The summed E-state index contributed by atoms with van der Waals surface area (Å²) in [5.41, 5.74) is -1.15. The molecule has 162 valence electrons. The number of β-lactam (4-membered cyclic amide) rings is 1. The number of benzene rings is 1. The molecule has 3 rings (SSSR count). The number of esters is 1. The fraction of sp³-hybridized carbons (Fsp3) is 0.278. The Morgan fingerprint density at radius 3 is 2.65 bits per heavy atom. The zero-order chi connectivity index (χ0) is 22.9. The molecule has 2 heterocycles. The predicted octanol–water partition coefficient (Wildman–Crippen LogP) is 1.83. The van der Waals surface area contributed by atoms with Crippen LogP contribution in [-0.4, -0.2) is 66.5 Å². The summed E-state index contributed by atoms with van der Waals surface area (Å²) < 4.78 is 4.88. The molecule has 0 bridgehead atoms. The van der Waals surface area contributed by atoms with Crippen molar-refractivity contribution in [1.29, 1.82) is 0 Å². The Balaban J connectivity index is 1.93. The van der Waals surface area contributed by atoms with Crippen LogP contribution < -0.4 is 0 Å². The topological polar surface area (TPSA) is 139 Å². The third-order valence-electron chi connectivity index (χ3n) is 4.63. The Bertz CT molecular complexity index is 1050. The number of non-ortho nitro benzene ring substituents is 1. The minimum atomic E-state index is -1.57. The second kappa shape index (κ2) is 8.77. The summed E-state index contributed by atoms with van der Waals surface area (Å²) in [5, 5.41) is 19.7. The van der Waals surface area contributed by atoms with Gasteiger partial charge in [0.05, 0.1) is 9.12 Å². The highest BCUT2D eigenvalue weighted by atomic mass is 32.2. The number of aliphatic carboxylic acids is 1. The number of thiocarbonyl (C=S) groups is 1. The highest BCUT2D eigenvalue weighted by Gasteiger charge is 2.66. The van der Waals surface area contributed by atoms with Crippen molar-refractivity contribution < 1.29 is 29.2 Å². The van der Waals surface area contributed by atoms with Crippen LogP contribution >= 0.6 is 36.6 Å². The molecule has 31 heavy (non-hydrogen) atoms. The summed E-state index contributed by atoms with van der Waals surface area (Å²) in [5.74, 6) is -2.38. The molecule has 0 saturated carbocycles. The number of rotatable bonds is 7. The van der Waals surface area contributed by atoms with Crippen molar-refractivity contribution in [2.45, 2.75) is 17.8 Å². The molecule has 1 saturated heterocycles. The van der Waals surface area contributed by atoms with E-state index in [0.717, 1.165) is 4.90 Å². The fourth-order valence-electron chi connectivity index (χ4n) is 3.13. The number of carbonyl (C=O) groups excluding carboxylic acids is 2. The van der Waals surface area contributed by atoms with E-state index in [1.807, 2.05) is 0 Å². The molecule has 2 aliphatic heterocycles. The molecule has 1 unspecified atom stereocenters. The molecule has 1 amide bonds. The second-order valence-corrected chi connectivity index (χ2v) is 8.78. The average molecular weight is 482 g/mol. The van der Waals surface area contributed by atoms with E-state index in [2.05, 4.69) is 17.6 Å². The molecule has 10 nitrogen and oxygen atoms in total. The summed E-state index contributed by atoms with van der Waals surface area (Å²) in [6.45, 7) is 0.955. The monoisotopic (exact) mass is 481 g/mol. The van der Waals surface area contributed by atoms with E-state index in [4.69, 9.17) is 17.0 Å². The number of hydrogen-bond acceptors (Lipinski definition) is 9. The van der Waals surface area contributed by atoms with Gasteiger partial charge in [0.1, 0.15) is 17.7 Å². The Morgan fingerprint density at radius 1 is 1.48 bits per heavy atom. The lowest BCUT2D eigenvalue weighted by Crippen LogP contribution is -2.75.